The third-order valence-electron chi connectivity index (χ3n) is 4.30. The van der Waals surface area contributed by atoms with Gasteiger partial charge in [-0.15, -0.1) is 28.5 Å². The molecule has 27 heavy (non-hydrogen) atoms. The Hall–Kier alpha value is -2.65. The number of carboxylic acids is 1. The van der Waals surface area contributed by atoms with E-state index in [9.17, 15) is 14.7 Å². The molecule has 1 aromatic carbocycles. The molecule has 0 saturated carbocycles. The van der Waals surface area contributed by atoms with Crippen LogP contribution in [0.4, 0.5) is 5.69 Å². The summed E-state index contributed by atoms with van der Waals surface area (Å²) in [5.74, 6) is 0.837. The maximum atomic E-state index is 12.6. The molecule has 9 heteroatoms. The highest BCUT2D eigenvalue weighted by Crippen LogP contribution is 2.27. The first-order valence-corrected chi connectivity index (χ1v) is 9.46. The lowest BCUT2D eigenvalue weighted by atomic mass is 10.2. The van der Waals surface area contributed by atoms with E-state index in [4.69, 9.17) is 0 Å². The van der Waals surface area contributed by atoms with E-state index in [1.807, 2.05) is 24.3 Å². The Morgan fingerprint density at radius 1 is 1.41 bits per heavy atom. The molecule has 1 unspecified atom stereocenters. The van der Waals surface area contributed by atoms with Gasteiger partial charge in [-0.05, 0) is 19.1 Å². The zero-order valence-electron chi connectivity index (χ0n) is 15.0. The minimum atomic E-state index is -0.969. The van der Waals surface area contributed by atoms with Gasteiger partial charge in [0.1, 0.15) is 17.7 Å². The number of hydrogen-bond acceptors (Lipinski definition) is 6. The number of para-hydroxylation sites is 1. The van der Waals surface area contributed by atoms with Gasteiger partial charge in [-0.2, -0.15) is 0 Å². The Bertz CT molecular complexity index is 866. The van der Waals surface area contributed by atoms with E-state index < -0.39 is 12.0 Å². The monoisotopic (exact) mass is 387 g/mol. The van der Waals surface area contributed by atoms with Gasteiger partial charge in [-0.3, -0.25) is 14.5 Å². The maximum absolute atomic E-state index is 12.6. The van der Waals surface area contributed by atoms with Crippen molar-refractivity contribution in [2.75, 3.05) is 17.6 Å². The molecule has 142 valence electrons. The smallest absolute Gasteiger partial charge is 0.322 e. The lowest BCUT2D eigenvalue weighted by Crippen LogP contribution is -2.50. The molecule has 0 spiro atoms. The fourth-order valence-corrected chi connectivity index (χ4v) is 3.73. The molecule has 3 rings (SSSR count). The summed E-state index contributed by atoms with van der Waals surface area (Å²) < 4.78 is 1.79. The third-order valence-corrected chi connectivity index (χ3v) is 5.37. The van der Waals surface area contributed by atoms with Gasteiger partial charge in [-0.25, -0.2) is 0 Å². The molecular weight excluding hydrogens is 366 g/mol. The fraction of sp³-hybridized carbons (Fsp3) is 0.333. The van der Waals surface area contributed by atoms with Crippen LogP contribution in [0.1, 0.15) is 11.6 Å². The van der Waals surface area contributed by atoms with Crippen molar-refractivity contribution in [3.63, 3.8) is 0 Å². The van der Waals surface area contributed by atoms with Crippen molar-refractivity contribution < 1.29 is 14.7 Å². The largest absolute Gasteiger partial charge is 0.480 e. The molecule has 1 aliphatic rings. The molecule has 2 heterocycles. The molecule has 1 atom stereocenters. The average molecular weight is 387 g/mol. The molecule has 0 aliphatic carbocycles. The van der Waals surface area contributed by atoms with E-state index >= 15 is 0 Å². The van der Waals surface area contributed by atoms with Crippen LogP contribution in [0.5, 0.6) is 0 Å². The predicted molar refractivity (Wildman–Crippen MR) is 103 cm³/mol. The van der Waals surface area contributed by atoms with Gasteiger partial charge in [0.15, 0.2) is 0 Å². The van der Waals surface area contributed by atoms with Crippen LogP contribution >= 0.6 is 11.8 Å². The SMILES string of the molecule is C=CCSc1ccccc1NC(=O)CN1Cc2nnc(C)n2CC1C(=O)O. The molecular formula is C18H21N5O3S. The Labute approximate surface area is 161 Å². The van der Waals surface area contributed by atoms with E-state index in [1.165, 1.54) is 0 Å². The summed E-state index contributed by atoms with van der Waals surface area (Å²) >= 11 is 1.57. The van der Waals surface area contributed by atoms with Gasteiger partial charge in [0, 0.05) is 10.6 Å². The molecule has 0 radical (unpaired) electrons. The van der Waals surface area contributed by atoms with Gasteiger partial charge in [0.2, 0.25) is 5.91 Å². The molecule has 2 aromatic rings. The van der Waals surface area contributed by atoms with Crippen molar-refractivity contribution >= 4 is 29.3 Å². The second-order valence-corrected chi connectivity index (χ2v) is 7.24. The van der Waals surface area contributed by atoms with E-state index in [2.05, 4.69) is 22.1 Å². The minimum absolute atomic E-state index is 0.0384. The highest BCUT2D eigenvalue weighted by molar-refractivity contribution is 7.99. The van der Waals surface area contributed by atoms with Crippen LogP contribution in [0.25, 0.3) is 0 Å². The molecule has 1 amide bonds. The summed E-state index contributed by atoms with van der Waals surface area (Å²) in [4.78, 5) is 26.8. The van der Waals surface area contributed by atoms with Gasteiger partial charge >= 0.3 is 5.97 Å². The number of aromatic nitrogens is 3. The van der Waals surface area contributed by atoms with Crippen LogP contribution in [-0.2, 0) is 22.7 Å². The quantitative estimate of drug-likeness (QED) is 0.552. The van der Waals surface area contributed by atoms with Crippen molar-refractivity contribution in [1.82, 2.24) is 19.7 Å². The fourth-order valence-electron chi connectivity index (χ4n) is 2.98. The second kappa shape index (κ2) is 8.36. The summed E-state index contributed by atoms with van der Waals surface area (Å²) in [6.07, 6.45) is 1.80. The summed E-state index contributed by atoms with van der Waals surface area (Å²) in [5, 5.41) is 20.5. The minimum Gasteiger partial charge on any atom is -0.480 e. The highest BCUT2D eigenvalue weighted by Gasteiger charge is 2.34. The van der Waals surface area contributed by atoms with Crippen molar-refractivity contribution in [3.8, 4) is 0 Å². The number of thioether (sulfide) groups is 1. The molecule has 0 fully saturated rings. The van der Waals surface area contributed by atoms with Gasteiger partial charge < -0.3 is 15.0 Å². The number of nitrogens with zero attached hydrogens (tertiary/aromatic N) is 4. The number of aryl methyl sites for hydroxylation is 1. The van der Waals surface area contributed by atoms with E-state index in [0.717, 1.165) is 10.6 Å². The third kappa shape index (κ3) is 4.37. The first-order valence-electron chi connectivity index (χ1n) is 8.47. The number of hydrogen-bond donors (Lipinski definition) is 2. The Balaban J connectivity index is 1.71. The number of nitrogens with one attached hydrogen (secondary N) is 1. The predicted octanol–water partition coefficient (Wildman–Crippen LogP) is 1.77. The number of rotatable bonds is 7. The van der Waals surface area contributed by atoms with Crippen molar-refractivity contribution in [3.05, 3.63) is 48.6 Å². The number of carbonyl (C=O) groups is 2. The number of anilines is 1. The van der Waals surface area contributed by atoms with Crippen LogP contribution in [0, 0.1) is 6.92 Å². The summed E-state index contributed by atoms with van der Waals surface area (Å²) in [5.41, 5.74) is 0.706. The van der Waals surface area contributed by atoms with Crippen LogP contribution in [0.3, 0.4) is 0 Å². The van der Waals surface area contributed by atoms with E-state index in [1.54, 1.807) is 34.2 Å². The summed E-state index contributed by atoms with van der Waals surface area (Å²) in [6, 6.07) is 6.70. The summed E-state index contributed by atoms with van der Waals surface area (Å²) in [7, 11) is 0. The van der Waals surface area contributed by atoms with Crippen molar-refractivity contribution in [2.45, 2.75) is 31.0 Å². The standard InChI is InChI=1S/C18H21N5O3S/c1-3-8-27-15-7-5-4-6-13(15)19-17(24)11-22-10-16-21-20-12(2)23(16)9-14(22)18(25)26/h3-7,14H,1,8-11H2,2H3,(H,19,24)(H,25,26). The zero-order valence-corrected chi connectivity index (χ0v) is 15.8. The molecule has 1 aliphatic heterocycles. The van der Waals surface area contributed by atoms with Crippen LogP contribution in [0.2, 0.25) is 0 Å². The highest BCUT2D eigenvalue weighted by atomic mass is 32.2. The maximum Gasteiger partial charge on any atom is 0.322 e. The first kappa shape index (κ1) is 19.1. The molecule has 1 aromatic heterocycles. The number of benzene rings is 1. The number of aliphatic carboxylic acids is 1. The zero-order chi connectivity index (χ0) is 19.4. The molecule has 2 N–H and O–H groups in total. The first-order chi connectivity index (χ1) is 13.0. The van der Waals surface area contributed by atoms with Crippen molar-refractivity contribution in [2.24, 2.45) is 0 Å². The Morgan fingerprint density at radius 2 is 2.19 bits per heavy atom. The van der Waals surface area contributed by atoms with E-state index in [0.29, 0.717) is 17.3 Å². The number of amides is 1. The lowest BCUT2D eigenvalue weighted by Gasteiger charge is -2.32. The molecule has 8 nitrogen and oxygen atoms in total. The van der Waals surface area contributed by atoms with E-state index in [-0.39, 0.29) is 25.5 Å². The van der Waals surface area contributed by atoms with Gasteiger partial charge in [0.05, 0.1) is 25.3 Å². The van der Waals surface area contributed by atoms with Gasteiger partial charge in [-0.1, -0.05) is 18.2 Å². The molecule has 0 bridgehead atoms. The van der Waals surface area contributed by atoms with Crippen LogP contribution in [0.15, 0.2) is 41.8 Å². The Morgan fingerprint density at radius 3 is 2.93 bits per heavy atom. The van der Waals surface area contributed by atoms with Crippen LogP contribution in [-0.4, -0.2) is 55.0 Å². The number of fused-ring (bicyclic) bond motifs is 1. The normalized spacial score (nSPS) is 16.6. The average Bonchev–Trinajstić information content (AvgIpc) is 3.00. The second-order valence-electron chi connectivity index (χ2n) is 6.18. The van der Waals surface area contributed by atoms with Crippen LogP contribution < -0.4 is 5.32 Å². The van der Waals surface area contributed by atoms with Crippen molar-refractivity contribution in [1.29, 1.82) is 0 Å². The summed E-state index contributed by atoms with van der Waals surface area (Å²) in [6.45, 7) is 5.94. The van der Waals surface area contributed by atoms with Gasteiger partial charge in [0.25, 0.3) is 0 Å². The Kier molecular flexibility index (Phi) is 5.92. The molecule has 0 saturated heterocycles. The lowest BCUT2D eigenvalue weighted by molar-refractivity contribution is -0.145. The number of carboxylic acid groups (broad SMARTS) is 1. The number of carbonyl (C=O) groups excluding carboxylic acids is 1. The topological polar surface area (TPSA) is 100 Å².